The number of thiophene rings is 1. The molecule has 4 rings (SSSR count). The Kier molecular flexibility index (Phi) is 8.87. The molecule has 2 unspecified atom stereocenters. The predicted molar refractivity (Wildman–Crippen MR) is 134 cm³/mol. The van der Waals surface area contributed by atoms with Crippen LogP contribution in [0.3, 0.4) is 0 Å². The average molecular weight is 499 g/mol. The Balaban J connectivity index is 1.46. The van der Waals surface area contributed by atoms with Crippen molar-refractivity contribution in [3.05, 3.63) is 87.9 Å². The van der Waals surface area contributed by atoms with Crippen molar-refractivity contribution in [1.82, 2.24) is 9.80 Å². The van der Waals surface area contributed by atoms with Crippen LogP contribution in [-0.2, 0) is 16.0 Å². The Morgan fingerprint density at radius 3 is 2.71 bits per heavy atom. The van der Waals surface area contributed by atoms with Crippen molar-refractivity contribution < 1.29 is 23.8 Å². The normalized spacial score (nSPS) is 16.2. The summed E-state index contributed by atoms with van der Waals surface area (Å²) >= 11 is 1.69. The molecule has 186 valence electrons. The lowest BCUT2D eigenvalue weighted by atomic mass is 10.0. The topological polar surface area (TPSA) is 62.2 Å². The predicted octanol–water partition coefficient (Wildman–Crippen LogP) is 4.07. The van der Waals surface area contributed by atoms with Gasteiger partial charge in [-0.3, -0.25) is 9.69 Å². The second-order valence-electron chi connectivity index (χ2n) is 8.57. The van der Waals surface area contributed by atoms with E-state index in [4.69, 9.17) is 9.47 Å². The summed E-state index contributed by atoms with van der Waals surface area (Å²) in [6.45, 7) is 2.36. The van der Waals surface area contributed by atoms with Gasteiger partial charge in [0.15, 0.2) is 0 Å². The van der Waals surface area contributed by atoms with Crippen LogP contribution in [0.2, 0.25) is 0 Å². The van der Waals surface area contributed by atoms with E-state index in [0.717, 1.165) is 17.5 Å². The first kappa shape index (κ1) is 25.3. The van der Waals surface area contributed by atoms with Crippen molar-refractivity contribution in [2.75, 3.05) is 46.5 Å². The highest BCUT2D eigenvalue weighted by molar-refractivity contribution is 7.10. The minimum atomic E-state index is -0.705. The Labute approximate surface area is 209 Å². The van der Waals surface area contributed by atoms with Crippen LogP contribution in [0.1, 0.15) is 28.1 Å². The molecule has 0 fully saturated rings. The number of hydrogen-bond donors (Lipinski definition) is 1. The van der Waals surface area contributed by atoms with Crippen molar-refractivity contribution >= 4 is 17.2 Å². The summed E-state index contributed by atoms with van der Waals surface area (Å²) in [5.74, 6) is 0.223. The molecule has 1 amide bonds. The van der Waals surface area contributed by atoms with Crippen molar-refractivity contribution in [3.8, 4) is 5.75 Å². The number of rotatable bonds is 11. The molecule has 2 aromatic carbocycles. The van der Waals surface area contributed by atoms with Crippen molar-refractivity contribution in [2.24, 2.45) is 0 Å². The maximum Gasteiger partial charge on any atom is 0.237 e. The van der Waals surface area contributed by atoms with E-state index in [1.165, 1.54) is 17.0 Å². The molecule has 2 atom stereocenters. The minimum Gasteiger partial charge on any atom is -0.491 e. The Morgan fingerprint density at radius 1 is 1.20 bits per heavy atom. The number of ether oxygens (including phenoxy) is 2. The third kappa shape index (κ3) is 6.67. The number of carbonyl (C=O) groups is 1. The summed E-state index contributed by atoms with van der Waals surface area (Å²) in [6, 6.07) is 17.2. The molecule has 1 aromatic heterocycles. The zero-order valence-corrected chi connectivity index (χ0v) is 20.6. The number of methoxy groups -OCH3 is 1. The summed E-state index contributed by atoms with van der Waals surface area (Å²) < 4.78 is 24.5. The molecule has 0 saturated carbocycles. The molecule has 0 spiro atoms. The summed E-state index contributed by atoms with van der Waals surface area (Å²) in [6.07, 6.45) is 0.0968. The lowest BCUT2D eigenvalue weighted by molar-refractivity contribution is -0.136. The van der Waals surface area contributed by atoms with Gasteiger partial charge in [0.05, 0.1) is 25.3 Å². The van der Waals surface area contributed by atoms with Gasteiger partial charge in [-0.15, -0.1) is 11.3 Å². The van der Waals surface area contributed by atoms with Gasteiger partial charge in [0.1, 0.15) is 18.2 Å². The molecule has 0 radical (unpaired) electrons. The number of hydrogen-bond acceptors (Lipinski definition) is 6. The van der Waals surface area contributed by atoms with E-state index in [1.54, 1.807) is 30.6 Å². The lowest BCUT2D eigenvalue weighted by Crippen LogP contribution is -2.47. The van der Waals surface area contributed by atoms with E-state index >= 15 is 0 Å². The average Bonchev–Trinajstić information content (AvgIpc) is 3.36. The molecule has 6 nitrogen and oxygen atoms in total. The maximum atomic E-state index is 13.5. The molecule has 0 saturated heterocycles. The van der Waals surface area contributed by atoms with Crippen LogP contribution in [0.5, 0.6) is 5.75 Å². The van der Waals surface area contributed by atoms with E-state index in [0.29, 0.717) is 32.0 Å². The summed E-state index contributed by atoms with van der Waals surface area (Å²) in [5.41, 5.74) is 1.92. The minimum absolute atomic E-state index is 0.0223. The first-order valence-electron chi connectivity index (χ1n) is 11.7. The number of halogens is 1. The fourth-order valence-corrected chi connectivity index (χ4v) is 5.27. The number of nitrogens with zero attached hydrogens (tertiary/aromatic N) is 2. The third-order valence-corrected chi connectivity index (χ3v) is 7.22. The fourth-order valence-electron chi connectivity index (χ4n) is 4.34. The van der Waals surface area contributed by atoms with Crippen LogP contribution in [0, 0.1) is 5.82 Å². The second-order valence-corrected chi connectivity index (χ2v) is 9.57. The van der Waals surface area contributed by atoms with Crippen LogP contribution in [0.25, 0.3) is 0 Å². The molecule has 0 aliphatic carbocycles. The zero-order chi connectivity index (χ0) is 24.6. The first-order chi connectivity index (χ1) is 17.0. The highest BCUT2D eigenvalue weighted by Gasteiger charge is 2.33. The van der Waals surface area contributed by atoms with E-state index in [9.17, 15) is 14.3 Å². The molecule has 0 bridgehead atoms. The van der Waals surface area contributed by atoms with Crippen LogP contribution in [0.15, 0.2) is 66.0 Å². The Bertz CT molecular complexity index is 1080. The third-order valence-electron chi connectivity index (χ3n) is 6.22. The van der Waals surface area contributed by atoms with Gasteiger partial charge in [-0.05, 0) is 53.3 Å². The van der Waals surface area contributed by atoms with Crippen molar-refractivity contribution in [2.45, 2.75) is 18.6 Å². The number of aliphatic hydroxyl groups is 1. The van der Waals surface area contributed by atoms with E-state index < -0.39 is 6.10 Å². The molecule has 3 aromatic rings. The molecule has 8 heteroatoms. The van der Waals surface area contributed by atoms with E-state index in [-0.39, 0.29) is 30.9 Å². The standard InChI is InChI=1S/C27H31FN2O4S/c1-33-15-14-29(17-25(31)20-5-3-2-4-6-20)18-27(32)30-13-11-26-23(12-16-35-26)24(30)19-34-22-9-7-21(28)8-10-22/h2-10,12,16,24-25,31H,11,13-15,17-19H2,1H3. The fraction of sp³-hybridized carbons (Fsp3) is 0.370. The highest BCUT2D eigenvalue weighted by Crippen LogP contribution is 2.34. The summed E-state index contributed by atoms with van der Waals surface area (Å²) in [4.78, 5) is 18.6. The van der Waals surface area contributed by atoms with Gasteiger partial charge in [0, 0.05) is 31.6 Å². The monoisotopic (exact) mass is 498 g/mol. The largest absolute Gasteiger partial charge is 0.491 e. The number of aliphatic hydroxyl groups excluding tert-OH is 1. The SMILES string of the molecule is COCCN(CC(=O)N1CCc2sccc2C1COc1ccc(F)cc1)CC(O)c1ccccc1. The summed E-state index contributed by atoms with van der Waals surface area (Å²) in [7, 11) is 1.62. The number of amides is 1. The molecule has 1 aliphatic heterocycles. The molecular formula is C27H31FN2O4S. The number of fused-ring (bicyclic) bond motifs is 1. The van der Waals surface area contributed by atoms with Crippen LogP contribution in [0.4, 0.5) is 4.39 Å². The zero-order valence-electron chi connectivity index (χ0n) is 19.8. The van der Waals surface area contributed by atoms with E-state index in [1.807, 2.05) is 45.5 Å². The smallest absolute Gasteiger partial charge is 0.237 e. The summed E-state index contributed by atoms with van der Waals surface area (Å²) in [5, 5.41) is 12.8. The lowest BCUT2D eigenvalue weighted by Gasteiger charge is -2.37. The molecule has 35 heavy (non-hydrogen) atoms. The molecule has 2 heterocycles. The van der Waals surface area contributed by atoms with Gasteiger partial charge in [-0.1, -0.05) is 30.3 Å². The first-order valence-corrected chi connectivity index (χ1v) is 12.6. The van der Waals surface area contributed by atoms with Crippen molar-refractivity contribution in [1.29, 1.82) is 0 Å². The quantitative estimate of drug-likeness (QED) is 0.432. The van der Waals surface area contributed by atoms with Gasteiger partial charge in [-0.25, -0.2) is 4.39 Å². The van der Waals surface area contributed by atoms with Crippen LogP contribution < -0.4 is 4.74 Å². The van der Waals surface area contributed by atoms with E-state index in [2.05, 4.69) is 6.07 Å². The molecular weight excluding hydrogens is 467 g/mol. The number of benzene rings is 2. The second kappa shape index (κ2) is 12.3. The van der Waals surface area contributed by atoms with Crippen LogP contribution in [-0.4, -0.2) is 67.3 Å². The highest BCUT2D eigenvalue weighted by atomic mass is 32.1. The van der Waals surface area contributed by atoms with Gasteiger partial charge >= 0.3 is 0 Å². The van der Waals surface area contributed by atoms with Gasteiger partial charge in [0.2, 0.25) is 5.91 Å². The Morgan fingerprint density at radius 2 is 1.97 bits per heavy atom. The molecule has 1 aliphatic rings. The Hall–Kier alpha value is -2.78. The molecule has 1 N–H and O–H groups in total. The van der Waals surface area contributed by atoms with Crippen LogP contribution >= 0.6 is 11.3 Å². The number of carbonyl (C=O) groups excluding carboxylic acids is 1. The van der Waals surface area contributed by atoms with Gasteiger partial charge < -0.3 is 19.5 Å². The van der Waals surface area contributed by atoms with Gasteiger partial charge in [0.25, 0.3) is 0 Å². The van der Waals surface area contributed by atoms with Gasteiger partial charge in [-0.2, -0.15) is 0 Å². The maximum absolute atomic E-state index is 13.5. The van der Waals surface area contributed by atoms with Crippen molar-refractivity contribution in [3.63, 3.8) is 0 Å².